The molecule has 0 bridgehead atoms. The van der Waals surface area contributed by atoms with Crippen molar-refractivity contribution in [2.24, 2.45) is 0 Å². The Kier molecular flexibility index (Phi) is 3.25. The van der Waals surface area contributed by atoms with Crippen molar-refractivity contribution in [3.8, 4) is 11.5 Å². The maximum Gasteiger partial charge on any atom is 0.228 e. The molecule has 108 valence electrons. The summed E-state index contributed by atoms with van der Waals surface area (Å²) in [4.78, 5) is 15.9. The molecule has 0 radical (unpaired) electrons. The van der Waals surface area contributed by atoms with Crippen LogP contribution < -0.4 is 15.8 Å². The predicted molar refractivity (Wildman–Crippen MR) is 81.6 cm³/mol. The summed E-state index contributed by atoms with van der Waals surface area (Å²) in [6.07, 6.45) is 1.14. The van der Waals surface area contributed by atoms with E-state index in [1.165, 1.54) is 0 Å². The van der Waals surface area contributed by atoms with Crippen LogP contribution >= 0.6 is 0 Å². The zero-order chi connectivity index (χ0) is 15.0. The number of nitrogen functional groups attached to an aromatic ring is 1. The molecule has 0 saturated carbocycles. The number of pyridine rings is 1. The monoisotopic (exact) mass is 283 g/mol. The van der Waals surface area contributed by atoms with E-state index < -0.39 is 0 Å². The molecule has 0 saturated heterocycles. The fourth-order valence-corrected chi connectivity index (χ4v) is 2.42. The van der Waals surface area contributed by atoms with E-state index in [4.69, 9.17) is 10.5 Å². The van der Waals surface area contributed by atoms with Gasteiger partial charge in [0.15, 0.2) is 5.75 Å². The first-order valence-corrected chi connectivity index (χ1v) is 6.93. The van der Waals surface area contributed by atoms with Crippen LogP contribution in [0.15, 0.2) is 24.3 Å². The minimum atomic E-state index is -0.0206. The molecule has 0 spiro atoms. The van der Waals surface area contributed by atoms with E-state index in [0.29, 0.717) is 23.6 Å². The van der Waals surface area contributed by atoms with Crippen LogP contribution in [-0.4, -0.2) is 10.9 Å². The number of nitrogens with one attached hydrogen (secondary N) is 1. The van der Waals surface area contributed by atoms with Gasteiger partial charge < -0.3 is 15.8 Å². The Morgan fingerprint density at radius 3 is 2.90 bits per heavy atom. The highest BCUT2D eigenvalue weighted by atomic mass is 16.5. The lowest BCUT2D eigenvalue weighted by atomic mass is 10.1. The Morgan fingerprint density at radius 1 is 1.33 bits per heavy atom. The van der Waals surface area contributed by atoms with Crippen LogP contribution in [0.4, 0.5) is 11.4 Å². The van der Waals surface area contributed by atoms with Crippen LogP contribution in [0, 0.1) is 6.92 Å². The Morgan fingerprint density at radius 2 is 2.14 bits per heavy atom. The summed E-state index contributed by atoms with van der Waals surface area (Å²) in [5.74, 6) is 1.21. The molecule has 1 aromatic carbocycles. The van der Waals surface area contributed by atoms with Gasteiger partial charge in [-0.25, -0.2) is 0 Å². The van der Waals surface area contributed by atoms with Gasteiger partial charge in [0.25, 0.3) is 0 Å². The highest BCUT2D eigenvalue weighted by Gasteiger charge is 2.20. The number of amides is 1. The van der Waals surface area contributed by atoms with E-state index in [1.807, 2.05) is 26.0 Å². The van der Waals surface area contributed by atoms with Crippen LogP contribution in [0.5, 0.6) is 11.5 Å². The summed E-state index contributed by atoms with van der Waals surface area (Å²) in [5.41, 5.74) is 10.1. The molecule has 2 heterocycles. The number of carbonyl (C=O) groups is 1. The van der Waals surface area contributed by atoms with E-state index in [2.05, 4.69) is 10.3 Å². The van der Waals surface area contributed by atoms with Gasteiger partial charge in [-0.05, 0) is 37.1 Å². The molecule has 5 heteroatoms. The van der Waals surface area contributed by atoms with Crippen molar-refractivity contribution in [3.63, 3.8) is 0 Å². The molecule has 1 aliphatic rings. The number of carbonyl (C=O) groups excluding carboxylic acids is 1. The van der Waals surface area contributed by atoms with Crippen molar-refractivity contribution in [2.75, 3.05) is 11.1 Å². The molecule has 0 atom stereocenters. The molecular weight excluding hydrogens is 266 g/mol. The molecule has 1 aromatic heterocycles. The predicted octanol–water partition coefficient (Wildman–Crippen LogP) is 2.82. The highest BCUT2D eigenvalue weighted by molar-refractivity contribution is 6.00. The van der Waals surface area contributed by atoms with E-state index in [0.717, 1.165) is 29.1 Å². The summed E-state index contributed by atoms with van der Waals surface area (Å²) in [5, 5.41) is 2.80. The fraction of sp³-hybridized carbons (Fsp3) is 0.250. The zero-order valence-electron chi connectivity index (χ0n) is 12.1. The van der Waals surface area contributed by atoms with Gasteiger partial charge >= 0.3 is 0 Å². The normalized spacial score (nSPS) is 13.0. The first-order chi connectivity index (χ1) is 10.1. The third-order valence-corrected chi connectivity index (χ3v) is 3.49. The molecule has 0 aliphatic carbocycles. The van der Waals surface area contributed by atoms with Gasteiger partial charge in [0.2, 0.25) is 5.91 Å². The SMILES string of the molecule is CCc1nc(C)ccc1Oc1cc2c(cc1N)CC(=O)N2. The van der Waals surface area contributed by atoms with Gasteiger partial charge in [0.05, 0.1) is 17.8 Å². The van der Waals surface area contributed by atoms with Crippen LogP contribution in [0.2, 0.25) is 0 Å². The number of hydrogen-bond acceptors (Lipinski definition) is 4. The molecule has 1 amide bonds. The summed E-state index contributed by atoms with van der Waals surface area (Å²) < 4.78 is 5.91. The van der Waals surface area contributed by atoms with Gasteiger partial charge in [0, 0.05) is 17.4 Å². The third-order valence-electron chi connectivity index (χ3n) is 3.49. The van der Waals surface area contributed by atoms with Crippen LogP contribution in [0.1, 0.15) is 23.9 Å². The first kappa shape index (κ1) is 13.4. The second-order valence-electron chi connectivity index (χ2n) is 5.13. The van der Waals surface area contributed by atoms with Crippen molar-refractivity contribution < 1.29 is 9.53 Å². The molecule has 0 unspecified atom stereocenters. The zero-order valence-corrected chi connectivity index (χ0v) is 12.1. The quantitative estimate of drug-likeness (QED) is 0.849. The molecule has 5 nitrogen and oxygen atoms in total. The van der Waals surface area contributed by atoms with E-state index in [1.54, 1.807) is 12.1 Å². The standard InChI is InChI=1S/C16H17N3O2/c1-3-12-14(5-4-9(2)18-12)21-15-8-13-10(6-11(15)17)7-16(20)19-13/h4-6,8H,3,7,17H2,1-2H3,(H,19,20). The Hall–Kier alpha value is -2.56. The van der Waals surface area contributed by atoms with E-state index in [-0.39, 0.29) is 5.91 Å². The fourth-order valence-electron chi connectivity index (χ4n) is 2.42. The number of anilines is 2. The van der Waals surface area contributed by atoms with Crippen molar-refractivity contribution >= 4 is 17.3 Å². The maximum atomic E-state index is 11.4. The topological polar surface area (TPSA) is 77.2 Å². The minimum Gasteiger partial charge on any atom is -0.453 e. The summed E-state index contributed by atoms with van der Waals surface area (Å²) in [6.45, 7) is 3.98. The molecule has 2 aromatic rings. The average Bonchev–Trinajstić information content (AvgIpc) is 2.80. The lowest BCUT2D eigenvalue weighted by molar-refractivity contribution is -0.115. The highest BCUT2D eigenvalue weighted by Crippen LogP contribution is 2.36. The molecule has 0 fully saturated rings. The number of nitrogens with two attached hydrogens (primary N) is 1. The van der Waals surface area contributed by atoms with Crippen molar-refractivity contribution in [1.82, 2.24) is 4.98 Å². The number of rotatable bonds is 3. The number of benzene rings is 1. The van der Waals surface area contributed by atoms with Gasteiger partial charge in [0.1, 0.15) is 5.75 Å². The molecular formula is C16H17N3O2. The van der Waals surface area contributed by atoms with Crippen LogP contribution in [0.25, 0.3) is 0 Å². The first-order valence-electron chi connectivity index (χ1n) is 6.93. The summed E-state index contributed by atoms with van der Waals surface area (Å²) in [7, 11) is 0. The molecule has 21 heavy (non-hydrogen) atoms. The average molecular weight is 283 g/mol. The lowest BCUT2D eigenvalue weighted by Crippen LogP contribution is -2.03. The molecule has 1 aliphatic heterocycles. The number of nitrogens with zero attached hydrogens (tertiary/aromatic N) is 1. The smallest absolute Gasteiger partial charge is 0.228 e. The van der Waals surface area contributed by atoms with Gasteiger partial charge in [-0.2, -0.15) is 0 Å². The number of ether oxygens (including phenoxy) is 1. The lowest BCUT2D eigenvalue weighted by Gasteiger charge is -2.13. The number of fused-ring (bicyclic) bond motifs is 1. The molecule has 3 N–H and O–H groups in total. The van der Waals surface area contributed by atoms with Crippen LogP contribution in [-0.2, 0) is 17.6 Å². The van der Waals surface area contributed by atoms with Crippen LogP contribution in [0.3, 0.4) is 0 Å². The Labute approximate surface area is 123 Å². The van der Waals surface area contributed by atoms with E-state index >= 15 is 0 Å². The summed E-state index contributed by atoms with van der Waals surface area (Å²) >= 11 is 0. The van der Waals surface area contributed by atoms with Gasteiger partial charge in [-0.3, -0.25) is 9.78 Å². The number of hydrogen-bond donors (Lipinski definition) is 2. The Balaban J connectivity index is 1.96. The molecule has 3 rings (SSSR count). The maximum absolute atomic E-state index is 11.4. The second kappa shape index (κ2) is 5.09. The Bertz CT molecular complexity index is 726. The van der Waals surface area contributed by atoms with Crippen molar-refractivity contribution in [3.05, 3.63) is 41.2 Å². The van der Waals surface area contributed by atoms with Crippen molar-refractivity contribution in [2.45, 2.75) is 26.7 Å². The van der Waals surface area contributed by atoms with E-state index in [9.17, 15) is 4.79 Å². The third kappa shape index (κ3) is 2.54. The van der Waals surface area contributed by atoms with Gasteiger partial charge in [-0.1, -0.05) is 6.92 Å². The number of aryl methyl sites for hydroxylation is 2. The number of aromatic nitrogens is 1. The minimum absolute atomic E-state index is 0.0206. The second-order valence-corrected chi connectivity index (χ2v) is 5.13. The van der Waals surface area contributed by atoms with Gasteiger partial charge in [-0.15, -0.1) is 0 Å². The summed E-state index contributed by atoms with van der Waals surface area (Å²) in [6, 6.07) is 7.36. The van der Waals surface area contributed by atoms with Crippen molar-refractivity contribution in [1.29, 1.82) is 0 Å². The largest absolute Gasteiger partial charge is 0.453 e.